The predicted octanol–water partition coefficient (Wildman–Crippen LogP) is 2.83. The first-order valence-corrected chi connectivity index (χ1v) is 8.56. The van der Waals surface area contributed by atoms with Gasteiger partial charge in [-0.25, -0.2) is 9.37 Å². The van der Waals surface area contributed by atoms with Gasteiger partial charge < -0.3 is 15.1 Å². The molecule has 0 bridgehead atoms. The summed E-state index contributed by atoms with van der Waals surface area (Å²) in [6.45, 7) is 5.23. The van der Waals surface area contributed by atoms with Crippen LogP contribution in [0.5, 0.6) is 0 Å². The van der Waals surface area contributed by atoms with Crippen molar-refractivity contribution in [1.29, 1.82) is 0 Å². The van der Waals surface area contributed by atoms with Gasteiger partial charge in [0.2, 0.25) is 5.95 Å². The van der Waals surface area contributed by atoms with Crippen molar-refractivity contribution < 1.29 is 4.39 Å². The second kappa shape index (κ2) is 6.26. The van der Waals surface area contributed by atoms with Crippen molar-refractivity contribution in [2.75, 3.05) is 41.3 Å². The lowest BCUT2D eigenvalue weighted by Gasteiger charge is -2.37. The van der Waals surface area contributed by atoms with Crippen molar-refractivity contribution in [3.63, 3.8) is 0 Å². The molecule has 6 heteroatoms. The fourth-order valence-corrected chi connectivity index (χ4v) is 3.07. The van der Waals surface area contributed by atoms with E-state index >= 15 is 0 Å². The molecule has 2 aromatic rings. The molecular weight excluding hydrogens is 305 g/mol. The molecule has 1 aromatic carbocycles. The first-order valence-electron chi connectivity index (χ1n) is 8.56. The summed E-state index contributed by atoms with van der Waals surface area (Å²) in [5, 5.41) is 3.37. The summed E-state index contributed by atoms with van der Waals surface area (Å²) in [6, 6.07) is 9.54. The Morgan fingerprint density at radius 2 is 1.75 bits per heavy atom. The van der Waals surface area contributed by atoms with Gasteiger partial charge in [0.05, 0.1) is 5.69 Å². The van der Waals surface area contributed by atoms with E-state index in [9.17, 15) is 4.39 Å². The number of nitrogens with one attached hydrogen (secondary N) is 1. The van der Waals surface area contributed by atoms with Crippen molar-refractivity contribution in [1.82, 2.24) is 9.97 Å². The van der Waals surface area contributed by atoms with Crippen LogP contribution in [-0.2, 0) is 0 Å². The number of rotatable bonds is 4. The van der Waals surface area contributed by atoms with Gasteiger partial charge in [-0.15, -0.1) is 0 Å². The Morgan fingerprint density at radius 3 is 2.46 bits per heavy atom. The number of piperazine rings is 1. The van der Waals surface area contributed by atoms with E-state index in [1.54, 1.807) is 6.07 Å². The van der Waals surface area contributed by atoms with Gasteiger partial charge in [0.1, 0.15) is 11.6 Å². The van der Waals surface area contributed by atoms with E-state index in [1.807, 2.05) is 25.1 Å². The van der Waals surface area contributed by atoms with E-state index in [1.165, 1.54) is 18.9 Å². The molecule has 0 atom stereocenters. The van der Waals surface area contributed by atoms with Gasteiger partial charge in [-0.1, -0.05) is 12.1 Å². The highest BCUT2D eigenvalue weighted by Crippen LogP contribution is 2.25. The number of para-hydroxylation sites is 1. The van der Waals surface area contributed by atoms with Crippen LogP contribution in [0.3, 0.4) is 0 Å². The van der Waals surface area contributed by atoms with Crippen molar-refractivity contribution in [2.24, 2.45) is 0 Å². The van der Waals surface area contributed by atoms with Crippen LogP contribution < -0.4 is 15.1 Å². The fraction of sp³-hybridized carbons (Fsp3) is 0.444. The molecule has 1 N–H and O–H groups in total. The van der Waals surface area contributed by atoms with Gasteiger partial charge in [0.15, 0.2) is 0 Å². The average Bonchev–Trinajstić information content (AvgIpc) is 3.39. The van der Waals surface area contributed by atoms with Crippen molar-refractivity contribution in [3.05, 3.63) is 41.8 Å². The topological polar surface area (TPSA) is 44.3 Å². The van der Waals surface area contributed by atoms with Crippen molar-refractivity contribution in [2.45, 2.75) is 25.8 Å². The normalized spacial score (nSPS) is 17.9. The van der Waals surface area contributed by atoms with Gasteiger partial charge in [-0.2, -0.15) is 4.98 Å². The molecular formula is C18H22FN5. The zero-order valence-electron chi connectivity index (χ0n) is 13.9. The first-order chi connectivity index (χ1) is 11.7. The standard InChI is InChI=1S/C18H22FN5/c1-13-12-17(22-18(20-13)21-14-6-7-14)24-10-8-23(9-11-24)16-5-3-2-4-15(16)19/h2-5,12,14H,6-11H2,1H3,(H,20,21,22). The van der Waals surface area contributed by atoms with E-state index in [0.717, 1.165) is 43.6 Å². The lowest BCUT2D eigenvalue weighted by atomic mass is 10.2. The Bertz CT molecular complexity index is 723. The number of hydrogen-bond acceptors (Lipinski definition) is 5. The molecule has 5 nitrogen and oxygen atoms in total. The third kappa shape index (κ3) is 3.27. The Kier molecular flexibility index (Phi) is 3.96. The van der Waals surface area contributed by atoms with E-state index in [4.69, 9.17) is 0 Å². The second-order valence-corrected chi connectivity index (χ2v) is 6.54. The first kappa shape index (κ1) is 15.2. The second-order valence-electron chi connectivity index (χ2n) is 6.54. The maximum atomic E-state index is 13.9. The summed E-state index contributed by atoms with van der Waals surface area (Å²) in [4.78, 5) is 13.5. The molecule has 1 saturated heterocycles. The van der Waals surface area contributed by atoms with Gasteiger partial charge in [0.25, 0.3) is 0 Å². The lowest BCUT2D eigenvalue weighted by molar-refractivity contribution is 0.596. The minimum absolute atomic E-state index is 0.153. The maximum Gasteiger partial charge on any atom is 0.225 e. The molecule has 1 saturated carbocycles. The molecule has 2 aliphatic rings. The van der Waals surface area contributed by atoms with Gasteiger partial charge in [-0.05, 0) is 31.9 Å². The number of nitrogens with zero attached hydrogens (tertiary/aromatic N) is 4. The third-order valence-corrected chi connectivity index (χ3v) is 4.55. The predicted molar refractivity (Wildman–Crippen MR) is 94.2 cm³/mol. The number of hydrogen-bond donors (Lipinski definition) is 1. The highest BCUT2D eigenvalue weighted by atomic mass is 19.1. The van der Waals surface area contributed by atoms with Crippen LogP contribution in [0.2, 0.25) is 0 Å². The number of aryl methyl sites for hydroxylation is 1. The van der Waals surface area contributed by atoms with Crippen LogP contribution in [0.15, 0.2) is 30.3 Å². The smallest absolute Gasteiger partial charge is 0.225 e. The number of halogens is 1. The minimum atomic E-state index is -0.153. The van der Waals surface area contributed by atoms with E-state index in [2.05, 4.69) is 25.1 Å². The molecule has 1 aliphatic carbocycles. The van der Waals surface area contributed by atoms with Gasteiger partial charge in [0, 0.05) is 44.0 Å². The third-order valence-electron chi connectivity index (χ3n) is 4.55. The Hall–Kier alpha value is -2.37. The Labute approximate surface area is 141 Å². The summed E-state index contributed by atoms with van der Waals surface area (Å²) in [5.74, 6) is 1.53. The van der Waals surface area contributed by atoms with E-state index in [-0.39, 0.29) is 5.82 Å². The lowest BCUT2D eigenvalue weighted by Crippen LogP contribution is -2.47. The molecule has 1 aromatic heterocycles. The van der Waals surface area contributed by atoms with Crippen LogP contribution in [0.25, 0.3) is 0 Å². The fourth-order valence-electron chi connectivity index (χ4n) is 3.07. The summed E-state index contributed by atoms with van der Waals surface area (Å²) in [5.41, 5.74) is 1.66. The highest BCUT2D eigenvalue weighted by molar-refractivity contribution is 5.51. The molecule has 0 unspecified atom stereocenters. The summed E-state index contributed by atoms with van der Waals surface area (Å²) < 4.78 is 13.9. The van der Waals surface area contributed by atoms with Crippen LogP contribution >= 0.6 is 0 Å². The largest absolute Gasteiger partial charge is 0.366 e. The molecule has 0 radical (unpaired) electrons. The van der Waals surface area contributed by atoms with Gasteiger partial charge >= 0.3 is 0 Å². The molecule has 4 rings (SSSR count). The molecule has 2 heterocycles. The molecule has 0 amide bonds. The van der Waals surface area contributed by atoms with E-state index in [0.29, 0.717) is 11.7 Å². The van der Waals surface area contributed by atoms with E-state index < -0.39 is 0 Å². The summed E-state index contributed by atoms with van der Waals surface area (Å²) >= 11 is 0. The Morgan fingerprint density at radius 1 is 1.04 bits per heavy atom. The van der Waals surface area contributed by atoms with Crippen LogP contribution in [0.1, 0.15) is 18.5 Å². The highest BCUT2D eigenvalue weighted by Gasteiger charge is 2.24. The SMILES string of the molecule is Cc1cc(N2CCN(c3ccccc3F)CC2)nc(NC2CC2)n1. The van der Waals surface area contributed by atoms with Crippen molar-refractivity contribution >= 4 is 17.5 Å². The van der Waals surface area contributed by atoms with Crippen LogP contribution in [0, 0.1) is 12.7 Å². The molecule has 24 heavy (non-hydrogen) atoms. The molecule has 126 valence electrons. The zero-order valence-corrected chi connectivity index (χ0v) is 13.9. The number of benzene rings is 1. The minimum Gasteiger partial charge on any atom is -0.366 e. The Balaban J connectivity index is 1.45. The summed E-state index contributed by atoms with van der Waals surface area (Å²) in [7, 11) is 0. The molecule has 2 fully saturated rings. The quantitative estimate of drug-likeness (QED) is 0.935. The monoisotopic (exact) mass is 327 g/mol. The maximum absolute atomic E-state index is 13.9. The van der Waals surface area contributed by atoms with Crippen LogP contribution in [0.4, 0.5) is 21.8 Å². The number of aromatic nitrogens is 2. The molecule has 0 spiro atoms. The van der Waals surface area contributed by atoms with Gasteiger partial charge in [-0.3, -0.25) is 0 Å². The zero-order chi connectivity index (χ0) is 16.5. The molecule has 1 aliphatic heterocycles. The average molecular weight is 327 g/mol. The summed E-state index contributed by atoms with van der Waals surface area (Å²) in [6.07, 6.45) is 2.40. The number of anilines is 3. The van der Waals surface area contributed by atoms with Crippen LogP contribution in [-0.4, -0.2) is 42.2 Å². The van der Waals surface area contributed by atoms with Crippen molar-refractivity contribution in [3.8, 4) is 0 Å².